The van der Waals surface area contributed by atoms with Crippen LogP contribution in [0.1, 0.15) is 28.9 Å². The second kappa shape index (κ2) is 8.14. The molecular formula is C22H24FN5O2. The first-order chi connectivity index (χ1) is 14.4. The Hall–Kier alpha value is -3.42. The van der Waals surface area contributed by atoms with E-state index in [9.17, 15) is 14.0 Å². The molecule has 2 N–H and O–H groups in total. The first-order valence-corrected chi connectivity index (χ1v) is 9.96. The number of halogens is 1. The van der Waals surface area contributed by atoms with E-state index in [1.54, 1.807) is 18.2 Å². The van der Waals surface area contributed by atoms with E-state index in [1.165, 1.54) is 18.2 Å². The normalized spacial score (nSPS) is 16.5. The molecule has 3 aromatic rings. The molecule has 1 saturated heterocycles. The van der Waals surface area contributed by atoms with Gasteiger partial charge in [-0.15, -0.1) is 0 Å². The van der Waals surface area contributed by atoms with E-state index >= 15 is 0 Å². The van der Waals surface area contributed by atoms with Crippen LogP contribution in [0.25, 0.3) is 11.3 Å². The second-order valence-electron chi connectivity index (χ2n) is 7.63. The van der Waals surface area contributed by atoms with Gasteiger partial charge in [0.05, 0.1) is 5.56 Å². The van der Waals surface area contributed by atoms with Gasteiger partial charge in [0.1, 0.15) is 11.6 Å². The van der Waals surface area contributed by atoms with E-state index in [0.717, 1.165) is 36.3 Å². The largest absolute Gasteiger partial charge is 0.353 e. The van der Waals surface area contributed by atoms with Crippen molar-refractivity contribution < 1.29 is 9.18 Å². The van der Waals surface area contributed by atoms with Crippen molar-refractivity contribution in [1.82, 2.24) is 20.1 Å². The zero-order valence-corrected chi connectivity index (χ0v) is 17.0. The molecule has 0 aliphatic carbocycles. The Balaban J connectivity index is 1.49. The van der Waals surface area contributed by atoms with Crippen LogP contribution in [0.5, 0.6) is 0 Å². The third-order valence-electron chi connectivity index (χ3n) is 5.66. The Morgan fingerprint density at radius 2 is 2.00 bits per heavy atom. The summed E-state index contributed by atoms with van der Waals surface area (Å²) in [5, 5.41) is 9.68. The van der Waals surface area contributed by atoms with Crippen molar-refractivity contribution in [3.8, 4) is 11.3 Å². The summed E-state index contributed by atoms with van der Waals surface area (Å²) in [6.45, 7) is 3.35. The smallest absolute Gasteiger partial charge is 0.264 e. The van der Waals surface area contributed by atoms with Gasteiger partial charge in [0.15, 0.2) is 0 Å². The van der Waals surface area contributed by atoms with Crippen LogP contribution in [0.3, 0.4) is 0 Å². The number of H-pyrrole nitrogens is 1. The minimum Gasteiger partial charge on any atom is -0.353 e. The van der Waals surface area contributed by atoms with Crippen LogP contribution in [0.4, 0.5) is 10.2 Å². The van der Waals surface area contributed by atoms with Crippen LogP contribution in [0.2, 0.25) is 0 Å². The summed E-state index contributed by atoms with van der Waals surface area (Å²) in [6, 6.07) is 11.2. The Morgan fingerprint density at radius 3 is 2.70 bits per heavy atom. The van der Waals surface area contributed by atoms with Crippen molar-refractivity contribution in [3.05, 3.63) is 69.9 Å². The van der Waals surface area contributed by atoms with E-state index < -0.39 is 0 Å². The summed E-state index contributed by atoms with van der Waals surface area (Å²) >= 11 is 0. The number of piperidine rings is 1. The van der Waals surface area contributed by atoms with Crippen molar-refractivity contribution in [2.24, 2.45) is 7.05 Å². The van der Waals surface area contributed by atoms with E-state index in [0.29, 0.717) is 17.9 Å². The zero-order valence-electron chi connectivity index (χ0n) is 17.0. The summed E-state index contributed by atoms with van der Waals surface area (Å²) in [4.78, 5) is 26.3. The van der Waals surface area contributed by atoms with Crippen LogP contribution < -0.4 is 15.8 Å². The van der Waals surface area contributed by atoms with E-state index in [1.807, 2.05) is 24.6 Å². The number of aromatic amines is 1. The third-order valence-corrected chi connectivity index (χ3v) is 5.66. The molecule has 1 aliphatic heterocycles. The van der Waals surface area contributed by atoms with Crippen LogP contribution in [0, 0.1) is 12.7 Å². The molecule has 1 unspecified atom stereocenters. The number of carbonyl (C=O) groups is 1. The molecule has 1 aromatic carbocycles. The number of nitrogens with one attached hydrogen (secondary N) is 2. The average molecular weight is 409 g/mol. The lowest BCUT2D eigenvalue weighted by Gasteiger charge is -2.33. The first-order valence-electron chi connectivity index (χ1n) is 9.96. The van der Waals surface area contributed by atoms with Gasteiger partial charge in [0, 0.05) is 43.6 Å². The van der Waals surface area contributed by atoms with Gasteiger partial charge in [-0.3, -0.25) is 9.59 Å². The summed E-state index contributed by atoms with van der Waals surface area (Å²) in [7, 11) is 1.90. The summed E-state index contributed by atoms with van der Waals surface area (Å²) < 4.78 is 15.2. The fourth-order valence-corrected chi connectivity index (χ4v) is 3.91. The van der Waals surface area contributed by atoms with Crippen molar-refractivity contribution in [3.63, 3.8) is 0 Å². The van der Waals surface area contributed by atoms with Gasteiger partial charge in [-0.25, -0.2) is 9.49 Å². The topological polar surface area (TPSA) is 83.0 Å². The molecule has 7 nitrogen and oxygen atoms in total. The fraction of sp³-hybridized carbons (Fsp3) is 0.318. The number of nitrogens with zero attached hydrogens (tertiary/aromatic N) is 3. The highest BCUT2D eigenvalue weighted by atomic mass is 19.1. The number of anilines is 1. The van der Waals surface area contributed by atoms with E-state index in [4.69, 9.17) is 0 Å². The predicted octanol–water partition coefficient (Wildman–Crippen LogP) is 2.62. The van der Waals surface area contributed by atoms with E-state index in [2.05, 4.69) is 20.4 Å². The Labute approximate surface area is 173 Å². The monoisotopic (exact) mass is 409 g/mol. The number of aromatic nitrogens is 3. The maximum atomic E-state index is 13.3. The third kappa shape index (κ3) is 3.98. The van der Waals surface area contributed by atoms with Crippen LogP contribution in [-0.2, 0) is 7.05 Å². The molecule has 4 rings (SSSR count). The van der Waals surface area contributed by atoms with Crippen LogP contribution in [-0.4, -0.2) is 39.8 Å². The summed E-state index contributed by atoms with van der Waals surface area (Å²) in [5.74, 6) is 0.280. The maximum Gasteiger partial charge on any atom is 0.264 e. The molecule has 1 atom stereocenters. The fourth-order valence-electron chi connectivity index (χ4n) is 3.91. The highest BCUT2D eigenvalue weighted by Gasteiger charge is 2.25. The molecule has 156 valence electrons. The molecule has 1 amide bonds. The van der Waals surface area contributed by atoms with Gasteiger partial charge in [-0.2, -0.15) is 5.10 Å². The molecule has 1 aliphatic rings. The van der Waals surface area contributed by atoms with Crippen LogP contribution >= 0.6 is 0 Å². The Bertz CT molecular complexity index is 1100. The lowest BCUT2D eigenvalue weighted by Crippen LogP contribution is -2.48. The molecule has 0 radical (unpaired) electrons. The van der Waals surface area contributed by atoms with Crippen molar-refractivity contribution in [1.29, 1.82) is 0 Å². The minimum absolute atomic E-state index is 0.0196. The van der Waals surface area contributed by atoms with Gasteiger partial charge in [0.2, 0.25) is 0 Å². The van der Waals surface area contributed by atoms with Crippen molar-refractivity contribution in [2.75, 3.05) is 18.0 Å². The lowest BCUT2D eigenvalue weighted by molar-refractivity contribution is 0.0932. The maximum absolute atomic E-state index is 13.3. The molecule has 0 saturated carbocycles. The average Bonchev–Trinajstić information content (AvgIpc) is 3.04. The number of rotatable bonds is 4. The second-order valence-corrected chi connectivity index (χ2v) is 7.63. The SMILES string of the molecule is Cc1c(C(=O)NC2CCCN(c3ccc(=O)[nH]n3)C2)cc(-c2ccc(F)cc2)n1C. The molecular weight excluding hydrogens is 385 g/mol. The quantitative estimate of drug-likeness (QED) is 0.694. The molecule has 8 heteroatoms. The number of hydrogen-bond acceptors (Lipinski definition) is 4. The zero-order chi connectivity index (χ0) is 21.3. The van der Waals surface area contributed by atoms with Gasteiger partial charge in [0.25, 0.3) is 11.5 Å². The molecule has 2 aromatic heterocycles. The summed E-state index contributed by atoms with van der Waals surface area (Å²) in [6.07, 6.45) is 1.79. The highest BCUT2D eigenvalue weighted by molar-refractivity contribution is 5.97. The Morgan fingerprint density at radius 1 is 1.23 bits per heavy atom. The van der Waals surface area contributed by atoms with Gasteiger partial charge >= 0.3 is 0 Å². The highest BCUT2D eigenvalue weighted by Crippen LogP contribution is 2.25. The number of hydrogen-bond donors (Lipinski definition) is 2. The molecule has 3 heterocycles. The number of carbonyl (C=O) groups excluding carboxylic acids is 1. The van der Waals surface area contributed by atoms with Gasteiger partial charge < -0.3 is 14.8 Å². The van der Waals surface area contributed by atoms with Gasteiger partial charge in [-0.1, -0.05) is 0 Å². The summed E-state index contributed by atoms with van der Waals surface area (Å²) in [5.41, 5.74) is 2.93. The lowest BCUT2D eigenvalue weighted by atomic mass is 10.0. The minimum atomic E-state index is -0.290. The molecule has 30 heavy (non-hydrogen) atoms. The molecule has 0 bridgehead atoms. The molecule has 0 spiro atoms. The number of amides is 1. The van der Waals surface area contributed by atoms with Gasteiger partial charge in [-0.05, 0) is 61.7 Å². The van der Waals surface area contributed by atoms with E-state index in [-0.39, 0.29) is 23.3 Å². The number of benzene rings is 1. The van der Waals surface area contributed by atoms with Crippen molar-refractivity contribution in [2.45, 2.75) is 25.8 Å². The van der Waals surface area contributed by atoms with Crippen molar-refractivity contribution >= 4 is 11.7 Å². The Kier molecular flexibility index (Phi) is 5.39. The predicted molar refractivity (Wildman–Crippen MR) is 113 cm³/mol. The molecule has 1 fully saturated rings. The first kappa shape index (κ1) is 19.9. The standard InChI is InChI=1S/C22H24FN5O2/c1-14-18(12-19(27(14)2)15-5-7-16(23)8-6-15)22(30)24-17-4-3-11-28(13-17)20-9-10-21(29)26-25-20/h5-10,12,17H,3-4,11,13H2,1-2H3,(H,24,30)(H,26,29). The van der Waals surface area contributed by atoms with Crippen LogP contribution in [0.15, 0.2) is 47.3 Å².